The first-order valence-electron chi connectivity index (χ1n) is 6.44. The van der Waals surface area contributed by atoms with Gasteiger partial charge in [-0.2, -0.15) is 0 Å². The van der Waals surface area contributed by atoms with Gasteiger partial charge in [-0.3, -0.25) is 4.79 Å². The molecule has 4 nitrogen and oxygen atoms in total. The molecule has 1 amide bonds. The van der Waals surface area contributed by atoms with Crippen molar-refractivity contribution < 1.29 is 9.53 Å². The topological polar surface area (TPSA) is 55.6 Å². The van der Waals surface area contributed by atoms with E-state index in [0.717, 1.165) is 12.0 Å². The highest BCUT2D eigenvalue weighted by molar-refractivity contribution is 5.94. The number of aryl methyl sites for hydroxylation is 1. The molecule has 1 aliphatic heterocycles. The predicted molar refractivity (Wildman–Crippen MR) is 77.8 cm³/mol. The number of ether oxygens (including phenoxy) is 1. The van der Waals surface area contributed by atoms with Crippen molar-refractivity contribution in [2.24, 2.45) is 5.73 Å². The largest absolute Gasteiger partial charge is 0.373 e. The minimum atomic E-state index is -0.0300. The van der Waals surface area contributed by atoms with E-state index in [1.165, 1.54) is 5.56 Å². The van der Waals surface area contributed by atoms with Crippen molar-refractivity contribution in [2.75, 3.05) is 26.2 Å². The van der Waals surface area contributed by atoms with Crippen molar-refractivity contribution in [2.45, 2.75) is 19.4 Å². The molecule has 106 valence electrons. The third-order valence-electron chi connectivity index (χ3n) is 3.30. The van der Waals surface area contributed by atoms with Gasteiger partial charge in [0.05, 0.1) is 12.7 Å². The molecule has 1 aliphatic rings. The summed E-state index contributed by atoms with van der Waals surface area (Å²) in [5.41, 5.74) is 7.56. The van der Waals surface area contributed by atoms with Crippen LogP contribution in [-0.4, -0.2) is 43.2 Å². The van der Waals surface area contributed by atoms with Crippen LogP contribution in [0, 0.1) is 0 Å². The zero-order valence-electron chi connectivity index (χ0n) is 11.2. The Morgan fingerprint density at radius 2 is 2.11 bits per heavy atom. The molecule has 1 aromatic rings. The monoisotopic (exact) mass is 284 g/mol. The van der Waals surface area contributed by atoms with Crippen LogP contribution in [0.15, 0.2) is 24.3 Å². The molecule has 0 aliphatic carbocycles. The zero-order chi connectivity index (χ0) is 13.0. The molecule has 5 heteroatoms. The number of nitrogens with zero attached hydrogens (tertiary/aromatic N) is 1. The van der Waals surface area contributed by atoms with Crippen molar-refractivity contribution in [3.63, 3.8) is 0 Å². The molecule has 1 fully saturated rings. The van der Waals surface area contributed by atoms with E-state index in [1.807, 2.05) is 29.2 Å². The summed E-state index contributed by atoms with van der Waals surface area (Å²) in [4.78, 5) is 14.1. The highest BCUT2D eigenvalue weighted by Crippen LogP contribution is 2.11. The van der Waals surface area contributed by atoms with E-state index in [4.69, 9.17) is 10.5 Å². The summed E-state index contributed by atoms with van der Waals surface area (Å²) in [6, 6.07) is 7.81. The summed E-state index contributed by atoms with van der Waals surface area (Å²) in [5.74, 6) is 0.0689. The van der Waals surface area contributed by atoms with Gasteiger partial charge in [-0.25, -0.2) is 0 Å². The van der Waals surface area contributed by atoms with Gasteiger partial charge in [-0.15, -0.1) is 12.4 Å². The fraction of sp³-hybridized carbons (Fsp3) is 0.500. The normalized spacial score (nSPS) is 18.8. The van der Waals surface area contributed by atoms with Gasteiger partial charge in [-0.05, 0) is 24.1 Å². The van der Waals surface area contributed by atoms with Crippen molar-refractivity contribution in [1.82, 2.24) is 4.90 Å². The van der Waals surface area contributed by atoms with E-state index in [2.05, 4.69) is 6.92 Å². The second-order valence-corrected chi connectivity index (χ2v) is 4.53. The standard InChI is InChI=1S/C14H20N2O2.ClH/c1-2-11-3-5-12(6-4-11)14(17)16-7-8-18-13(9-15)10-16;/h3-6,13H,2,7-10,15H2,1H3;1H. The Balaban J connectivity index is 0.00000180. The van der Waals surface area contributed by atoms with Gasteiger partial charge in [0.15, 0.2) is 0 Å². The summed E-state index contributed by atoms with van der Waals surface area (Å²) in [6.45, 7) is 4.36. The second kappa shape index (κ2) is 7.48. The maximum atomic E-state index is 12.3. The van der Waals surface area contributed by atoms with Gasteiger partial charge in [0.25, 0.3) is 5.91 Å². The number of hydrogen-bond acceptors (Lipinski definition) is 3. The first-order chi connectivity index (χ1) is 8.74. The number of halogens is 1. The van der Waals surface area contributed by atoms with Crippen molar-refractivity contribution in [3.05, 3.63) is 35.4 Å². The third-order valence-corrected chi connectivity index (χ3v) is 3.30. The Hall–Kier alpha value is -1.10. The lowest BCUT2D eigenvalue weighted by Crippen LogP contribution is -2.48. The number of hydrogen-bond donors (Lipinski definition) is 1. The molecular formula is C14H21ClN2O2. The first kappa shape index (κ1) is 16.0. The van der Waals surface area contributed by atoms with Gasteiger partial charge in [0.1, 0.15) is 0 Å². The van der Waals surface area contributed by atoms with Crippen LogP contribution in [0.5, 0.6) is 0 Å². The molecule has 0 saturated carbocycles. The first-order valence-corrected chi connectivity index (χ1v) is 6.44. The molecule has 2 rings (SSSR count). The Kier molecular flexibility index (Phi) is 6.28. The lowest BCUT2D eigenvalue weighted by molar-refractivity contribution is -0.0167. The van der Waals surface area contributed by atoms with E-state index in [-0.39, 0.29) is 24.4 Å². The van der Waals surface area contributed by atoms with Crippen LogP contribution in [0.1, 0.15) is 22.8 Å². The lowest BCUT2D eigenvalue weighted by Gasteiger charge is -2.32. The number of benzene rings is 1. The van der Waals surface area contributed by atoms with E-state index >= 15 is 0 Å². The molecule has 1 atom stereocenters. The predicted octanol–water partition coefficient (Wildman–Crippen LogP) is 1.47. The van der Waals surface area contributed by atoms with Gasteiger partial charge in [0, 0.05) is 25.2 Å². The molecule has 0 spiro atoms. The quantitative estimate of drug-likeness (QED) is 0.914. The maximum Gasteiger partial charge on any atom is 0.254 e. The van der Waals surface area contributed by atoms with Crippen LogP contribution in [-0.2, 0) is 11.2 Å². The van der Waals surface area contributed by atoms with Crippen molar-refractivity contribution >= 4 is 18.3 Å². The molecule has 19 heavy (non-hydrogen) atoms. The van der Waals surface area contributed by atoms with Gasteiger partial charge >= 0.3 is 0 Å². The van der Waals surface area contributed by atoms with Crippen molar-refractivity contribution in [3.8, 4) is 0 Å². The molecular weight excluding hydrogens is 264 g/mol. The molecule has 0 bridgehead atoms. The zero-order valence-corrected chi connectivity index (χ0v) is 12.0. The minimum Gasteiger partial charge on any atom is -0.373 e. The Labute approximate surface area is 120 Å². The van der Waals surface area contributed by atoms with E-state index < -0.39 is 0 Å². The van der Waals surface area contributed by atoms with Crippen LogP contribution < -0.4 is 5.73 Å². The fourth-order valence-corrected chi connectivity index (χ4v) is 2.11. The second-order valence-electron chi connectivity index (χ2n) is 4.53. The molecule has 1 heterocycles. The summed E-state index contributed by atoms with van der Waals surface area (Å²) in [7, 11) is 0. The number of carbonyl (C=O) groups is 1. The Morgan fingerprint density at radius 3 is 2.68 bits per heavy atom. The Morgan fingerprint density at radius 1 is 1.42 bits per heavy atom. The summed E-state index contributed by atoms with van der Waals surface area (Å²) in [6.07, 6.45) is 0.957. The third kappa shape index (κ3) is 3.93. The summed E-state index contributed by atoms with van der Waals surface area (Å²) in [5, 5.41) is 0. The number of morpholine rings is 1. The van der Waals surface area contributed by atoms with Gasteiger partial charge in [-0.1, -0.05) is 19.1 Å². The van der Waals surface area contributed by atoms with Gasteiger partial charge < -0.3 is 15.4 Å². The lowest BCUT2D eigenvalue weighted by atomic mass is 10.1. The average Bonchev–Trinajstić information content (AvgIpc) is 2.46. The molecule has 0 aromatic heterocycles. The average molecular weight is 285 g/mol. The number of amides is 1. The molecule has 1 aromatic carbocycles. The van der Waals surface area contributed by atoms with E-state index in [0.29, 0.717) is 26.2 Å². The molecule has 1 unspecified atom stereocenters. The fourth-order valence-electron chi connectivity index (χ4n) is 2.11. The maximum absolute atomic E-state index is 12.3. The minimum absolute atomic E-state index is 0. The smallest absolute Gasteiger partial charge is 0.254 e. The van der Waals surface area contributed by atoms with E-state index in [1.54, 1.807) is 0 Å². The van der Waals surface area contributed by atoms with E-state index in [9.17, 15) is 4.79 Å². The van der Waals surface area contributed by atoms with Crippen LogP contribution >= 0.6 is 12.4 Å². The molecule has 0 radical (unpaired) electrons. The summed E-state index contributed by atoms with van der Waals surface area (Å²) >= 11 is 0. The van der Waals surface area contributed by atoms with Crippen LogP contribution in [0.3, 0.4) is 0 Å². The Bertz CT molecular complexity index is 408. The highest BCUT2D eigenvalue weighted by atomic mass is 35.5. The number of nitrogens with two attached hydrogens (primary N) is 1. The van der Waals surface area contributed by atoms with Crippen molar-refractivity contribution in [1.29, 1.82) is 0 Å². The summed E-state index contributed by atoms with van der Waals surface area (Å²) < 4.78 is 5.46. The molecule has 1 saturated heterocycles. The SMILES string of the molecule is CCc1ccc(C(=O)N2CCOC(CN)C2)cc1.Cl. The molecule has 2 N–H and O–H groups in total. The van der Waals surface area contributed by atoms with Crippen LogP contribution in [0.25, 0.3) is 0 Å². The number of rotatable bonds is 3. The number of carbonyl (C=O) groups excluding carboxylic acids is 1. The highest BCUT2D eigenvalue weighted by Gasteiger charge is 2.23. The van der Waals surface area contributed by atoms with Gasteiger partial charge in [0.2, 0.25) is 0 Å². The van der Waals surface area contributed by atoms with Crippen LogP contribution in [0.4, 0.5) is 0 Å². The van der Waals surface area contributed by atoms with Crippen LogP contribution in [0.2, 0.25) is 0 Å².